The van der Waals surface area contributed by atoms with E-state index in [1.165, 1.54) is 12.8 Å². The minimum atomic E-state index is -0.731. The molecule has 5 nitrogen and oxygen atoms in total. The highest BCUT2D eigenvalue weighted by atomic mass is 16.4. The van der Waals surface area contributed by atoms with Crippen LogP contribution in [-0.4, -0.2) is 72.7 Å². The van der Waals surface area contributed by atoms with Gasteiger partial charge < -0.3 is 15.3 Å². The lowest BCUT2D eigenvalue weighted by Gasteiger charge is -2.37. The number of nitrogens with zero attached hydrogens (tertiary/aromatic N) is 2. The van der Waals surface area contributed by atoms with Crippen LogP contribution in [0.4, 0.5) is 0 Å². The van der Waals surface area contributed by atoms with Crippen molar-refractivity contribution < 1.29 is 9.90 Å². The standard InChI is InChI=1S/C16H31N3O2/c1-4-9-17-16(15(20)21,13-7-8-13)12-19-10-5-6-14(19)11-18(2)3/h13-14,17H,4-12H2,1-3H3,(H,20,21). The van der Waals surface area contributed by atoms with Crippen molar-refractivity contribution in [1.29, 1.82) is 0 Å². The number of carboxylic acids is 1. The average Bonchev–Trinajstić information content (AvgIpc) is 3.18. The van der Waals surface area contributed by atoms with E-state index in [0.717, 1.165) is 38.9 Å². The van der Waals surface area contributed by atoms with E-state index < -0.39 is 11.5 Å². The van der Waals surface area contributed by atoms with Crippen molar-refractivity contribution in [2.24, 2.45) is 5.92 Å². The Morgan fingerprint density at radius 3 is 2.62 bits per heavy atom. The van der Waals surface area contributed by atoms with Gasteiger partial charge in [-0.1, -0.05) is 6.92 Å². The zero-order chi connectivity index (χ0) is 15.5. The summed E-state index contributed by atoms with van der Waals surface area (Å²) in [4.78, 5) is 16.6. The number of carboxylic acid groups (broad SMARTS) is 1. The third-order valence-corrected chi connectivity index (χ3v) is 4.87. The molecular formula is C16H31N3O2. The first-order chi connectivity index (χ1) is 9.99. The largest absolute Gasteiger partial charge is 0.480 e. The molecular weight excluding hydrogens is 266 g/mol. The molecule has 2 rings (SSSR count). The molecule has 2 aliphatic rings. The number of nitrogens with one attached hydrogen (secondary N) is 1. The number of hydrogen-bond donors (Lipinski definition) is 2. The predicted molar refractivity (Wildman–Crippen MR) is 84.5 cm³/mol. The summed E-state index contributed by atoms with van der Waals surface area (Å²) < 4.78 is 0. The molecule has 2 N–H and O–H groups in total. The Balaban J connectivity index is 2.08. The topological polar surface area (TPSA) is 55.8 Å². The van der Waals surface area contributed by atoms with Gasteiger partial charge in [0.1, 0.15) is 5.54 Å². The summed E-state index contributed by atoms with van der Waals surface area (Å²) in [5, 5.41) is 13.3. The molecule has 0 aromatic heterocycles. The maximum Gasteiger partial charge on any atom is 0.325 e. The minimum Gasteiger partial charge on any atom is -0.480 e. The van der Waals surface area contributed by atoms with Crippen molar-refractivity contribution in [3.8, 4) is 0 Å². The normalized spacial score (nSPS) is 26.2. The van der Waals surface area contributed by atoms with Gasteiger partial charge in [-0.2, -0.15) is 0 Å². The molecule has 0 spiro atoms. The van der Waals surface area contributed by atoms with Gasteiger partial charge in [0.05, 0.1) is 0 Å². The molecule has 122 valence electrons. The van der Waals surface area contributed by atoms with Crippen molar-refractivity contribution >= 4 is 5.97 Å². The first-order valence-corrected chi connectivity index (χ1v) is 8.36. The fourth-order valence-electron chi connectivity index (χ4n) is 3.62. The Bertz CT molecular complexity index is 357. The van der Waals surface area contributed by atoms with Crippen LogP contribution in [0.25, 0.3) is 0 Å². The first kappa shape index (κ1) is 16.7. The monoisotopic (exact) mass is 297 g/mol. The molecule has 5 heteroatoms. The molecule has 1 heterocycles. The van der Waals surface area contributed by atoms with Gasteiger partial charge in [0, 0.05) is 19.1 Å². The van der Waals surface area contributed by atoms with Gasteiger partial charge in [-0.25, -0.2) is 0 Å². The minimum absolute atomic E-state index is 0.308. The summed E-state index contributed by atoms with van der Waals surface area (Å²) in [7, 11) is 4.19. The number of likely N-dealkylation sites (tertiary alicyclic amines) is 1. The Kier molecular flexibility index (Phi) is 5.63. The summed E-state index contributed by atoms with van der Waals surface area (Å²) in [5.74, 6) is -0.351. The van der Waals surface area contributed by atoms with Crippen LogP contribution in [0.2, 0.25) is 0 Å². The molecule has 1 saturated carbocycles. The zero-order valence-electron chi connectivity index (χ0n) is 13.8. The van der Waals surface area contributed by atoms with Gasteiger partial charge in [-0.15, -0.1) is 0 Å². The summed E-state index contributed by atoms with van der Waals surface area (Å²) in [6.45, 7) is 5.60. The van der Waals surface area contributed by atoms with E-state index in [0.29, 0.717) is 18.5 Å². The lowest BCUT2D eigenvalue weighted by atomic mass is 9.91. The molecule has 0 aromatic rings. The number of aliphatic carboxylic acids is 1. The van der Waals surface area contributed by atoms with E-state index in [-0.39, 0.29) is 0 Å². The highest BCUT2D eigenvalue weighted by molar-refractivity contribution is 5.80. The molecule has 0 radical (unpaired) electrons. The third-order valence-electron chi connectivity index (χ3n) is 4.87. The molecule has 0 bridgehead atoms. The van der Waals surface area contributed by atoms with Crippen LogP contribution in [0.5, 0.6) is 0 Å². The van der Waals surface area contributed by atoms with Crippen LogP contribution < -0.4 is 5.32 Å². The van der Waals surface area contributed by atoms with Crippen LogP contribution in [0.1, 0.15) is 39.0 Å². The summed E-state index contributed by atoms with van der Waals surface area (Å²) in [6.07, 6.45) is 5.45. The van der Waals surface area contributed by atoms with Crippen LogP contribution in [0, 0.1) is 5.92 Å². The van der Waals surface area contributed by atoms with Crippen molar-refractivity contribution in [3.05, 3.63) is 0 Å². The lowest BCUT2D eigenvalue weighted by Crippen LogP contribution is -2.62. The van der Waals surface area contributed by atoms with Crippen molar-refractivity contribution in [2.45, 2.75) is 50.6 Å². The molecule has 2 unspecified atom stereocenters. The zero-order valence-corrected chi connectivity index (χ0v) is 13.8. The van der Waals surface area contributed by atoms with Gasteiger partial charge >= 0.3 is 5.97 Å². The summed E-state index contributed by atoms with van der Waals surface area (Å²) in [5.41, 5.74) is -0.731. The maximum absolute atomic E-state index is 12.0. The first-order valence-electron chi connectivity index (χ1n) is 8.36. The molecule has 2 fully saturated rings. The fourth-order valence-corrected chi connectivity index (χ4v) is 3.62. The smallest absolute Gasteiger partial charge is 0.325 e. The molecule has 0 aromatic carbocycles. The highest BCUT2D eigenvalue weighted by Crippen LogP contribution is 2.41. The number of rotatable bonds is 9. The van der Waals surface area contributed by atoms with Crippen LogP contribution in [0.3, 0.4) is 0 Å². The summed E-state index contributed by atoms with van der Waals surface area (Å²) in [6, 6.07) is 0.501. The van der Waals surface area contributed by atoms with Crippen molar-refractivity contribution in [3.63, 3.8) is 0 Å². The van der Waals surface area contributed by atoms with E-state index >= 15 is 0 Å². The predicted octanol–water partition coefficient (Wildman–Crippen LogP) is 1.25. The second-order valence-electron chi connectivity index (χ2n) is 7.01. The Hall–Kier alpha value is -0.650. The second-order valence-corrected chi connectivity index (χ2v) is 7.01. The average molecular weight is 297 g/mol. The van der Waals surface area contributed by atoms with Gasteiger partial charge in [-0.3, -0.25) is 9.69 Å². The van der Waals surface area contributed by atoms with Crippen LogP contribution in [0.15, 0.2) is 0 Å². The molecule has 1 aliphatic carbocycles. The van der Waals surface area contributed by atoms with E-state index in [2.05, 4.69) is 36.1 Å². The molecule has 0 amide bonds. The van der Waals surface area contributed by atoms with Gasteiger partial charge in [0.25, 0.3) is 0 Å². The number of hydrogen-bond acceptors (Lipinski definition) is 4. The van der Waals surface area contributed by atoms with Gasteiger partial charge in [0.2, 0.25) is 0 Å². The number of carbonyl (C=O) groups is 1. The molecule has 1 saturated heterocycles. The lowest BCUT2D eigenvalue weighted by molar-refractivity contribution is -0.147. The molecule has 1 aliphatic heterocycles. The van der Waals surface area contributed by atoms with Crippen LogP contribution >= 0.6 is 0 Å². The van der Waals surface area contributed by atoms with E-state index in [9.17, 15) is 9.90 Å². The van der Waals surface area contributed by atoms with Gasteiger partial charge in [-0.05, 0) is 65.2 Å². The Morgan fingerprint density at radius 1 is 1.38 bits per heavy atom. The van der Waals surface area contributed by atoms with Gasteiger partial charge in [0.15, 0.2) is 0 Å². The fraction of sp³-hybridized carbons (Fsp3) is 0.938. The quantitative estimate of drug-likeness (QED) is 0.671. The van der Waals surface area contributed by atoms with Crippen molar-refractivity contribution in [2.75, 3.05) is 40.3 Å². The van der Waals surface area contributed by atoms with E-state index in [1.807, 2.05) is 0 Å². The van der Waals surface area contributed by atoms with E-state index in [1.54, 1.807) is 0 Å². The SMILES string of the molecule is CCCNC(CN1CCCC1CN(C)C)(C(=O)O)C1CC1. The molecule has 2 atom stereocenters. The summed E-state index contributed by atoms with van der Waals surface area (Å²) >= 11 is 0. The van der Waals surface area contributed by atoms with E-state index in [4.69, 9.17) is 0 Å². The Labute approximate surface area is 128 Å². The highest BCUT2D eigenvalue weighted by Gasteiger charge is 2.52. The third kappa shape index (κ3) is 3.96. The number of likely N-dealkylation sites (N-methyl/N-ethyl adjacent to an activating group) is 1. The van der Waals surface area contributed by atoms with Crippen molar-refractivity contribution in [1.82, 2.24) is 15.1 Å². The van der Waals surface area contributed by atoms with Crippen LogP contribution in [-0.2, 0) is 4.79 Å². The second kappa shape index (κ2) is 7.07. The molecule has 21 heavy (non-hydrogen) atoms. The Morgan fingerprint density at radius 2 is 2.10 bits per heavy atom. The maximum atomic E-state index is 12.0.